The Hall–Kier alpha value is -2.16. The van der Waals surface area contributed by atoms with Crippen molar-refractivity contribution in [2.45, 2.75) is 11.4 Å². The molecule has 2 atom stereocenters. The predicted molar refractivity (Wildman–Crippen MR) is 102 cm³/mol. The maximum atomic E-state index is 12.7. The maximum absolute atomic E-state index is 12.7. The highest BCUT2D eigenvalue weighted by molar-refractivity contribution is 8.00. The van der Waals surface area contributed by atoms with Crippen molar-refractivity contribution in [2.75, 3.05) is 12.9 Å². The van der Waals surface area contributed by atoms with Gasteiger partial charge in [-0.05, 0) is 23.8 Å². The predicted octanol–water partition coefficient (Wildman–Crippen LogP) is 2.21. The van der Waals surface area contributed by atoms with Crippen LogP contribution in [0.1, 0.15) is 5.56 Å². The number of β-lactam (4-membered cyclic amide) rings is 1. The summed E-state index contributed by atoms with van der Waals surface area (Å²) in [6, 6.07) is 5.68. The molecule has 2 N–H and O–H groups in total. The summed E-state index contributed by atoms with van der Waals surface area (Å²) in [4.78, 5) is 37.5. The third-order valence-corrected chi connectivity index (χ3v) is 5.71. The number of nitrogens with zero attached hydrogens (tertiary/aromatic N) is 1. The molecule has 27 heavy (non-hydrogen) atoms. The van der Waals surface area contributed by atoms with Crippen LogP contribution in [-0.4, -0.2) is 52.1 Å². The number of rotatable bonds is 5. The highest BCUT2D eigenvalue weighted by atomic mass is 35.5. The standard InChI is InChI=1S/C17H14Cl2N2O5S/c1-26-9-4-2-8(3-5-9)11(13(18)19)14(22)20-12-15(23)21-10(17(24)25)6-7-27-16(12)21/h2-6,12,16H,7H2,1H3,(H,20,22)(H,24,25)/t12?,16-/m0/s1. The van der Waals surface area contributed by atoms with E-state index in [9.17, 15) is 19.5 Å². The Kier molecular flexibility index (Phi) is 5.69. The van der Waals surface area contributed by atoms with Gasteiger partial charge < -0.3 is 15.2 Å². The van der Waals surface area contributed by atoms with E-state index in [1.54, 1.807) is 24.3 Å². The monoisotopic (exact) mass is 428 g/mol. The molecular weight excluding hydrogens is 415 g/mol. The Labute approximate surface area is 168 Å². The fourth-order valence-electron chi connectivity index (χ4n) is 2.84. The molecule has 2 aliphatic heterocycles. The number of halogens is 2. The molecule has 3 rings (SSSR count). The fourth-order valence-corrected chi connectivity index (χ4v) is 4.42. The number of ether oxygens (including phenoxy) is 1. The number of benzene rings is 1. The van der Waals surface area contributed by atoms with Crippen LogP contribution in [0.3, 0.4) is 0 Å². The van der Waals surface area contributed by atoms with Crippen LogP contribution in [0, 0.1) is 0 Å². The number of carbonyl (C=O) groups is 3. The minimum absolute atomic E-state index is 0.0158. The summed E-state index contributed by atoms with van der Waals surface area (Å²) < 4.78 is 4.83. The molecule has 0 aliphatic carbocycles. The molecule has 0 saturated carbocycles. The second-order valence-electron chi connectivity index (χ2n) is 5.64. The van der Waals surface area contributed by atoms with Crippen LogP contribution in [0.4, 0.5) is 0 Å². The van der Waals surface area contributed by atoms with Crippen LogP contribution in [0.5, 0.6) is 5.75 Å². The van der Waals surface area contributed by atoms with E-state index in [0.717, 1.165) is 0 Å². The van der Waals surface area contributed by atoms with Crippen LogP contribution in [-0.2, 0) is 14.4 Å². The fraction of sp³-hybridized carbons (Fsp3) is 0.235. The van der Waals surface area contributed by atoms with Gasteiger partial charge in [-0.1, -0.05) is 35.3 Å². The average Bonchev–Trinajstić information content (AvgIpc) is 2.65. The van der Waals surface area contributed by atoms with Gasteiger partial charge in [0.05, 0.1) is 12.7 Å². The number of hydrogen-bond donors (Lipinski definition) is 2. The first kappa shape index (κ1) is 19.6. The van der Waals surface area contributed by atoms with Crippen molar-refractivity contribution < 1.29 is 24.2 Å². The number of carbonyl (C=O) groups excluding carboxylic acids is 2. The lowest BCUT2D eigenvalue weighted by Gasteiger charge is -2.48. The van der Waals surface area contributed by atoms with Crippen molar-refractivity contribution in [3.05, 3.63) is 46.1 Å². The minimum atomic E-state index is -1.18. The normalized spacial score (nSPS) is 20.8. The van der Waals surface area contributed by atoms with Crippen LogP contribution in [0.2, 0.25) is 0 Å². The van der Waals surface area contributed by atoms with Crippen molar-refractivity contribution in [1.29, 1.82) is 0 Å². The summed E-state index contributed by atoms with van der Waals surface area (Å²) >= 11 is 13.2. The highest BCUT2D eigenvalue weighted by Gasteiger charge is 2.52. The summed E-state index contributed by atoms with van der Waals surface area (Å²) in [6.07, 6.45) is 1.47. The van der Waals surface area contributed by atoms with Crippen molar-refractivity contribution in [3.8, 4) is 5.75 Å². The number of fused-ring (bicyclic) bond motifs is 1. The zero-order valence-corrected chi connectivity index (χ0v) is 16.3. The topological polar surface area (TPSA) is 95.9 Å². The van der Waals surface area contributed by atoms with E-state index in [0.29, 0.717) is 17.1 Å². The number of amides is 2. The van der Waals surface area contributed by atoms with Gasteiger partial charge in [0.2, 0.25) is 0 Å². The molecule has 1 aromatic rings. The van der Waals surface area contributed by atoms with E-state index >= 15 is 0 Å². The molecule has 0 radical (unpaired) electrons. The van der Waals surface area contributed by atoms with Gasteiger partial charge in [-0.2, -0.15) is 0 Å². The Morgan fingerprint density at radius 1 is 1.30 bits per heavy atom. The molecule has 1 fully saturated rings. The average molecular weight is 429 g/mol. The maximum Gasteiger partial charge on any atom is 0.352 e. The van der Waals surface area contributed by atoms with E-state index in [1.807, 2.05) is 0 Å². The van der Waals surface area contributed by atoms with Gasteiger partial charge >= 0.3 is 5.97 Å². The summed E-state index contributed by atoms with van der Waals surface area (Å²) in [6.45, 7) is 0. The second kappa shape index (κ2) is 7.84. The van der Waals surface area contributed by atoms with Crippen molar-refractivity contribution in [1.82, 2.24) is 10.2 Å². The lowest BCUT2D eigenvalue weighted by Crippen LogP contribution is -2.70. The number of aliphatic carboxylic acids is 1. The lowest BCUT2D eigenvalue weighted by molar-refractivity contribution is -0.150. The summed E-state index contributed by atoms with van der Waals surface area (Å²) in [5, 5.41) is 11.3. The molecule has 142 valence electrons. The zero-order valence-electron chi connectivity index (χ0n) is 13.9. The first-order chi connectivity index (χ1) is 12.8. The van der Waals surface area contributed by atoms with Gasteiger partial charge in [0.15, 0.2) is 0 Å². The molecule has 0 aromatic heterocycles. The number of thioether (sulfide) groups is 1. The van der Waals surface area contributed by atoms with Gasteiger partial charge in [-0.25, -0.2) is 4.79 Å². The number of methoxy groups -OCH3 is 1. The zero-order chi connectivity index (χ0) is 19.7. The molecule has 1 saturated heterocycles. The van der Waals surface area contributed by atoms with Crippen LogP contribution in [0.15, 0.2) is 40.5 Å². The van der Waals surface area contributed by atoms with E-state index in [-0.39, 0.29) is 15.8 Å². The first-order valence-electron chi connectivity index (χ1n) is 7.74. The quantitative estimate of drug-likeness (QED) is 0.551. The van der Waals surface area contributed by atoms with E-state index in [2.05, 4.69) is 5.32 Å². The molecule has 10 heteroatoms. The number of carboxylic acids is 1. The number of nitrogens with one attached hydrogen (secondary N) is 1. The summed E-state index contributed by atoms with van der Waals surface area (Å²) in [7, 11) is 1.52. The summed E-state index contributed by atoms with van der Waals surface area (Å²) in [5.74, 6) is -1.26. The van der Waals surface area contributed by atoms with Crippen LogP contribution < -0.4 is 10.1 Å². The van der Waals surface area contributed by atoms with Crippen LogP contribution >= 0.6 is 35.0 Å². The number of carboxylic acid groups (broad SMARTS) is 1. The molecule has 0 bridgehead atoms. The number of hydrogen-bond acceptors (Lipinski definition) is 5. The first-order valence-corrected chi connectivity index (χ1v) is 9.54. The largest absolute Gasteiger partial charge is 0.497 e. The molecule has 1 aromatic carbocycles. The van der Waals surface area contributed by atoms with Crippen molar-refractivity contribution >= 4 is 58.3 Å². The second-order valence-corrected chi connectivity index (χ2v) is 7.74. The Morgan fingerprint density at radius 2 is 1.96 bits per heavy atom. The Bertz CT molecular complexity index is 865. The molecule has 7 nitrogen and oxygen atoms in total. The molecule has 2 aliphatic rings. The molecule has 2 heterocycles. The van der Waals surface area contributed by atoms with Crippen LogP contribution in [0.25, 0.3) is 5.57 Å². The molecule has 1 unspecified atom stereocenters. The van der Waals surface area contributed by atoms with E-state index in [4.69, 9.17) is 27.9 Å². The minimum Gasteiger partial charge on any atom is -0.497 e. The molecular formula is C17H14Cl2N2O5S. The van der Waals surface area contributed by atoms with Gasteiger partial charge in [-0.3, -0.25) is 14.5 Å². The van der Waals surface area contributed by atoms with Gasteiger partial charge in [-0.15, -0.1) is 11.8 Å². The SMILES string of the molecule is COc1ccc(C(C(=O)NC2C(=O)N3C(C(=O)O)=CCS[C@@H]23)=C(Cl)Cl)cc1. The van der Waals surface area contributed by atoms with Crippen molar-refractivity contribution in [3.63, 3.8) is 0 Å². The lowest BCUT2D eigenvalue weighted by atomic mass is 10.0. The highest BCUT2D eigenvalue weighted by Crippen LogP contribution is 2.38. The Morgan fingerprint density at radius 3 is 2.52 bits per heavy atom. The van der Waals surface area contributed by atoms with Crippen molar-refractivity contribution in [2.24, 2.45) is 0 Å². The smallest absolute Gasteiger partial charge is 0.352 e. The van der Waals surface area contributed by atoms with E-state index in [1.165, 1.54) is 29.8 Å². The van der Waals surface area contributed by atoms with E-state index < -0.39 is 29.2 Å². The molecule has 2 amide bonds. The summed E-state index contributed by atoms with van der Waals surface area (Å²) in [5.41, 5.74) is 0.400. The molecule has 0 spiro atoms. The third kappa shape index (κ3) is 3.65. The Balaban J connectivity index is 1.78. The van der Waals surface area contributed by atoms with Gasteiger partial charge in [0, 0.05) is 5.75 Å². The van der Waals surface area contributed by atoms with Gasteiger partial charge in [0.25, 0.3) is 11.8 Å². The van der Waals surface area contributed by atoms with Gasteiger partial charge in [0.1, 0.15) is 27.4 Å². The third-order valence-electron chi connectivity index (χ3n) is 4.15.